The summed E-state index contributed by atoms with van der Waals surface area (Å²) in [4.78, 5) is 27.1. The number of aryl methyl sites for hydroxylation is 1. The molecule has 7 heteroatoms. The summed E-state index contributed by atoms with van der Waals surface area (Å²) in [5.74, 6) is -1.66. The van der Waals surface area contributed by atoms with Crippen LogP contribution in [0, 0.1) is 5.92 Å². The van der Waals surface area contributed by atoms with Crippen molar-refractivity contribution in [1.29, 1.82) is 0 Å². The first-order valence-electron chi connectivity index (χ1n) is 6.89. The van der Waals surface area contributed by atoms with E-state index in [0.717, 1.165) is 17.7 Å². The van der Waals surface area contributed by atoms with Gasteiger partial charge in [0.15, 0.2) is 0 Å². The van der Waals surface area contributed by atoms with Crippen LogP contribution in [0.3, 0.4) is 0 Å². The van der Waals surface area contributed by atoms with E-state index in [0.29, 0.717) is 6.54 Å². The van der Waals surface area contributed by atoms with E-state index < -0.39 is 24.0 Å². The molecule has 1 saturated heterocycles. The number of carboxylic acid groups (broad SMARTS) is 1. The van der Waals surface area contributed by atoms with E-state index in [1.54, 1.807) is 6.20 Å². The van der Waals surface area contributed by atoms with Crippen LogP contribution in [0.15, 0.2) is 18.3 Å². The van der Waals surface area contributed by atoms with Gasteiger partial charge in [-0.25, -0.2) is 4.79 Å². The zero-order chi connectivity index (χ0) is 15.2. The first-order valence-corrected chi connectivity index (χ1v) is 6.89. The first-order chi connectivity index (χ1) is 10.1. The summed E-state index contributed by atoms with van der Waals surface area (Å²) in [6, 6.07) is 2.91. The van der Waals surface area contributed by atoms with Crippen molar-refractivity contribution in [2.24, 2.45) is 5.92 Å². The van der Waals surface area contributed by atoms with Crippen LogP contribution >= 0.6 is 0 Å². The number of hydrogen-bond acceptors (Lipinski definition) is 4. The highest BCUT2D eigenvalue weighted by atomic mass is 16.5. The molecule has 1 aromatic heterocycles. The third kappa shape index (κ3) is 3.91. The molecule has 0 radical (unpaired) electrons. The Balaban J connectivity index is 1.86. The lowest BCUT2D eigenvalue weighted by atomic mass is 10.0. The Morgan fingerprint density at radius 1 is 1.48 bits per heavy atom. The van der Waals surface area contributed by atoms with Crippen molar-refractivity contribution >= 4 is 12.0 Å². The van der Waals surface area contributed by atoms with Gasteiger partial charge in [0.05, 0.1) is 31.5 Å². The molecule has 0 bridgehead atoms. The van der Waals surface area contributed by atoms with E-state index in [2.05, 4.69) is 15.6 Å². The van der Waals surface area contributed by atoms with Crippen molar-refractivity contribution in [3.8, 4) is 0 Å². The minimum Gasteiger partial charge on any atom is -0.481 e. The third-order valence-electron chi connectivity index (χ3n) is 3.50. The summed E-state index contributed by atoms with van der Waals surface area (Å²) in [5.41, 5.74) is 1.89. The summed E-state index contributed by atoms with van der Waals surface area (Å²) in [6.45, 7) is 2.67. The molecule has 0 spiro atoms. The average molecular weight is 293 g/mol. The average Bonchev–Trinajstić information content (AvgIpc) is 2.93. The molecule has 2 unspecified atom stereocenters. The standard InChI is InChI=1S/C14H19N3O4/c1-2-9-4-3-5-15-11(9)6-16-14(20)17-12-8-21-7-10(12)13(18)19/h3-5,10,12H,2,6-8H2,1H3,(H,18,19)(H2,16,17,20). The summed E-state index contributed by atoms with van der Waals surface area (Å²) in [7, 11) is 0. The van der Waals surface area contributed by atoms with E-state index >= 15 is 0 Å². The van der Waals surface area contributed by atoms with Gasteiger partial charge in [-0.05, 0) is 18.1 Å². The number of carbonyl (C=O) groups is 2. The number of nitrogens with zero attached hydrogens (tertiary/aromatic N) is 1. The molecule has 1 aliphatic rings. The van der Waals surface area contributed by atoms with Crippen LogP contribution in [0.2, 0.25) is 0 Å². The summed E-state index contributed by atoms with van der Waals surface area (Å²) >= 11 is 0. The third-order valence-corrected chi connectivity index (χ3v) is 3.50. The number of urea groups is 1. The fourth-order valence-corrected chi connectivity index (χ4v) is 2.28. The smallest absolute Gasteiger partial charge is 0.315 e. The number of hydrogen-bond donors (Lipinski definition) is 3. The molecule has 2 heterocycles. The van der Waals surface area contributed by atoms with Gasteiger partial charge in [-0.15, -0.1) is 0 Å². The molecule has 0 saturated carbocycles. The SMILES string of the molecule is CCc1cccnc1CNC(=O)NC1COCC1C(=O)O. The van der Waals surface area contributed by atoms with Gasteiger partial charge in [-0.1, -0.05) is 13.0 Å². The molecule has 2 rings (SSSR count). The molecular formula is C14H19N3O4. The van der Waals surface area contributed by atoms with Crippen LogP contribution in [-0.4, -0.2) is 41.3 Å². The lowest BCUT2D eigenvalue weighted by Crippen LogP contribution is -2.47. The van der Waals surface area contributed by atoms with Gasteiger partial charge < -0.3 is 20.5 Å². The molecule has 1 aliphatic heterocycles. The lowest BCUT2D eigenvalue weighted by Gasteiger charge is -2.16. The highest BCUT2D eigenvalue weighted by molar-refractivity contribution is 5.77. The van der Waals surface area contributed by atoms with Gasteiger partial charge in [0.1, 0.15) is 5.92 Å². The van der Waals surface area contributed by atoms with Crippen LogP contribution in [0.1, 0.15) is 18.2 Å². The van der Waals surface area contributed by atoms with Crippen LogP contribution in [0.4, 0.5) is 4.79 Å². The Morgan fingerprint density at radius 2 is 2.29 bits per heavy atom. The minimum absolute atomic E-state index is 0.125. The second-order valence-corrected chi connectivity index (χ2v) is 4.88. The molecule has 2 atom stereocenters. The van der Waals surface area contributed by atoms with Gasteiger partial charge in [-0.2, -0.15) is 0 Å². The highest BCUT2D eigenvalue weighted by Gasteiger charge is 2.34. The number of nitrogens with one attached hydrogen (secondary N) is 2. The Hall–Kier alpha value is -2.15. The van der Waals surface area contributed by atoms with E-state index in [4.69, 9.17) is 9.84 Å². The topological polar surface area (TPSA) is 101 Å². The molecule has 2 amide bonds. The molecule has 21 heavy (non-hydrogen) atoms. The molecule has 0 aliphatic carbocycles. The number of amides is 2. The molecule has 7 nitrogen and oxygen atoms in total. The van der Waals surface area contributed by atoms with Crippen LogP contribution in [-0.2, 0) is 22.5 Å². The first kappa shape index (κ1) is 15.2. The number of aromatic nitrogens is 1. The second kappa shape index (κ2) is 7.03. The quantitative estimate of drug-likeness (QED) is 0.736. The maximum absolute atomic E-state index is 11.8. The van der Waals surface area contributed by atoms with Gasteiger partial charge >= 0.3 is 12.0 Å². The second-order valence-electron chi connectivity index (χ2n) is 4.88. The van der Waals surface area contributed by atoms with Crippen molar-refractivity contribution in [3.05, 3.63) is 29.6 Å². The van der Waals surface area contributed by atoms with Crippen LogP contribution in [0.5, 0.6) is 0 Å². The number of ether oxygens (including phenoxy) is 1. The highest BCUT2D eigenvalue weighted by Crippen LogP contribution is 2.13. The molecular weight excluding hydrogens is 274 g/mol. The molecule has 3 N–H and O–H groups in total. The molecule has 0 aromatic carbocycles. The predicted molar refractivity (Wildman–Crippen MR) is 74.7 cm³/mol. The normalized spacial score (nSPS) is 21.0. The summed E-state index contributed by atoms with van der Waals surface area (Å²) < 4.78 is 5.10. The van der Waals surface area contributed by atoms with Crippen molar-refractivity contribution in [3.63, 3.8) is 0 Å². The fourth-order valence-electron chi connectivity index (χ4n) is 2.28. The van der Waals surface area contributed by atoms with Gasteiger partial charge in [0, 0.05) is 6.20 Å². The maximum Gasteiger partial charge on any atom is 0.315 e. The van der Waals surface area contributed by atoms with Crippen molar-refractivity contribution in [2.45, 2.75) is 25.9 Å². The Kier molecular flexibility index (Phi) is 5.10. The van der Waals surface area contributed by atoms with Crippen molar-refractivity contribution in [1.82, 2.24) is 15.6 Å². The van der Waals surface area contributed by atoms with E-state index in [9.17, 15) is 9.59 Å². The Morgan fingerprint density at radius 3 is 3.00 bits per heavy atom. The Labute approximate surface area is 122 Å². The molecule has 1 fully saturated rings. The van der Waals surface area contributed by atoms with Crippen LogP contribution in [0.25, 0.3) is 0 Å². The largest absolute Gasteiger partial charge is 0.481 e. The zero-order valence-corrected chi connectivity index (χ0v) is 11.8. The monoisotopic (exact) mass is 293 g/mol. The number of carboxylic acids is 1. The van der Waals surface area contributed by atoms with Crippen LogP contribution < -0.4 is 10.6 Å². The van der Waals surface area contributed by atoms with Crippen molar-refractivity contribution in [2.75, 3.05) is 13.2 Å². The van der Waals surface area contributed by atoms with Crippen molar-refractivity contribution < 1.29 is 19.4 Å². The Bertz CT molecular complexity index is 521. The van der Waals surface area contributed by atoms with Gasteiger partial charge in [-0.3, -0.25) is 9.78 Å². The molecule has 114 valence electrons. The maximum atomic E-state index is 11.8. The summed E-state index contributed by atoms with van der Waals surface area (Å²) in [6.07, 6.45) is 2.52. The predicted octanol–water partition coefficient (Wildman–Crippen LogP) is 0.543. The number of rotatable bonds is 5. The molecule has 1 aromatic rings. The number of pyridine rings is 1. The minimum atomic E-state index is -0.962. The lowest BCUT2D eigenvalue weighted by molar-refractivity contribution is -0.142. The number of aliphatic carboxylic acids is 1. The van der Waals surface area contributed by atoms with E-state index in [1.807, 2.05) is 19.1 Å². The summed E-state index contributed by atoms with van der Waals surface area (Å²) in [5, 5.41) is 14.3. The number of carbonyl (C=O) groups excluding carboxylic acids is 1. The van der Waals surface area contributed by atoms with Gasteiger partial charge in [0.2, 0.25) is 0 Å². The van der Waals surface area contributed by atoms with E-state index in [1.165, 1.54) is 0 Å². The van der Waals surface area contributed by atoms with Gasteiger partial charge in [0.25, 0.3) is 0 Å². The zero-order valence-electron chi connectivity index (χ0n) is 11.8. The van der Waals surface area contributed by atoms with E-state index in [-0.39, 0.29) is 13.2 Å². The fraction of sp³-hybridized carbons (Fsp3) is 0.500.